The van der Waals surface area contributed by atoms with Gasteiger partial charge in [0.1, 0.15) is 12.0 Å². The Bertz CT molecular complexity index is 1150. The SMILES string of the molecule is C=C(c1ccc(/C=N/NC2=NC(Nc3ccc(F)c(C(F)(F)F)c3)C(CC)C=N2)cc1)C(F)(F)F. The van der Waals surface area contributed by atoms with Crippen LogP contribution < -0.4 is 10.7 Å². The van der Waals surface area contributed by atoms with Crippen molar-refractivity contribution >= 4 is 29.6 Å². The molecule has 0 saturated carbocycles. The quantitative estimate of drug-likeness (QED) is 0.281. The molecule has 1 aliphatic heterocycles. The van der Waals surface area contributed by atoms with Crippen molar-refractivity contribution in [2.45, 2.75) is 31.9 Å². The largest absolute Gasteiger partial charge is 0.419 e. The van der Waals surface area contributed by atoms with Crippen LogP contribution in [0.5, 0.6) is 0 Å². The van der Waals surface area contributed by atoms with E-state index < -0.39 is 35.5 Å². The molecule has 5 nitrogen and oxygen atoms in total. The Hall–Kier alpha value is -3.70. The van der Waals surface area contributed by atoms with Crippen LogP contribution in [0.25, 0.3) is 5.57 Å². The molecular weight excluding hydrogens is 479 g/mol. The number of rotatable bonds is 6. The molecular formula is C23H20F7N5. The third kappa shape index (κ3) is 6.67. The van der Waals surface area contributed by atoms with Crippen LogP contribution in [0, 0.1) is 11.7 Å². The van der Waals surface area contributed by atoms with Gasteiger partial charge >= 0.3 is 12.4 Å². The Morgan fingerprint density at radius 2 is 1.77 bits per heavy atom. The zero-order chi connectivity index (χ0) is 25.8. The number of guanidine groups is 1. The van der Waals surface area contributed by atoms with Crippen LogP contribution >= 0.6 is 0 Å². The van der Waals surface area contributed by atoms with Gasteiger partial charge in [-0.05, 0) is 35.7 Å². The van der Waals surface area contributed by atoms with E-state index >= 15 is 0 Å². The molecule has 186 valence electrons. The Balaban J connectivity index is 1.70. The molecule has 1 aliphatic rings. The van der Waals surface area contributed by atoms with Crippen molar-refractivity contribution in [3.8, 4) is 0 Å². The van der Waals surface area contributed by atoms with Crippen molar-refractivity contribution in [2.24, 2.45) is 21.0 Å². The number of halogens is 7. The first-order chi connectivity index (χ1) is 16.4. The van der Waals surface area contributed by atoms with Gasteiger partial charge in [0.15, 0.2) is 0 Å². The van der Waals surface area contributed by atoms with Crippen LogP contribution in [0.3, 0.4) is 0 Å². The fourth-order valence-electron chi connectivity index (χ4n) is 3.14. The number of benzene rings is 2. The molecule has 35 heavy (non-hydrogen) atoms. The molecule has 1 heterocycles. The average Bonchev–Trinajstić information content (AvgIpc) is 2.79. The Kier molecular flexibility index (Phi) is 7.61. The molecule has 0 fully saturated rings. The summed E-state index contributed by atoms with van der Waals surface area (Å²) in [6.07, 6.45) is -6.60. The number of hydrazone groups is 1. The molecule has 2 N–H and O–H groups in total. The smallest absolute Gasteiger partial charge is 0.363 e. The highest BCUT2D eigenvalue weighted by atomic mass is 19.4. The van der Waals surface area contributed by atoms with E-state index in [9.17, 15) is 30.7 Å². The van der Waals surface area contributed by atoms with Crippen LogP contribution in [0.2, 0.25) is 0 Å². The fourth-order valence-corrected chi connectivity index (χ4v) is 3.14. The van der Waals surface area contributed by atoms with Crippen molar-refractivity contribution in [1.82, 2.24) is 5.43 Å². The molecule has 2 unspecified atom stereocenters. The molecule has 0 spiro atoms. The van der Waals surface area contributed by atoms with Crippen LogP contribution in [-0.4, -0.2) is 30.7 Å². The Morgan fingerprint density at radius 1 is 1.09 bits per heavy atom. The van der Waals surface area contributed by atoms with E-state index in [-0.39, 0.29) is 23.1 Å². The highest BCUT2D eigenvalue weighted by Gasteiger charge is 2.35. The molecule has 2 aromatic carbocycles. The van der Waals surface area contributed by atoms with Gasteiger partial charge in [0.2, 0.25) is 5.96 Å². The predicted molar refractivity (Wildman–Crippen MR) is 121 cm³/mol. The number of allylic oxidation sites excluding steroid dienone is 1. The summed E-state index contributed by atoms with van der Waals surface area (Å²) in [4.78, 5) is 8.43. The normalized spacial score (nSPS) is 18.5. The van der Waals surface area contributed by atoms with Gasteiger partial charge in [-0.1, -0.05) is 37.8 Å². The molecule has 2 atom stereocenters. The van der Waals surface area contributed by atoms with E-state index in [0.717, 1.165) is 6.07 Å². The summed E-state index contributed by atoms with van der Waals surface area (Å²) in [6.45, 7) is 4.89. The van der Waals surface area contributed by atoms with Crippen molar-refractivity contribution in [3.63, 3.8) is 0 Å². The number of nitrogens with zero attached hydrogens (tertiary/aromatic N) is 3. The van der Waals surface area contributed by atoms with E-state index in [2.05, 4.69) is 32.4 Å². The van der Waals surface area contributed by atoms with Gasteiger partial charge < -0.3 is 5.32 Å². The van der Waals surface area contributed by atoms with Gasteiger partial charge in [0.05, 0.1) is 17.4 Å². The number of anilines is 1. The van der Waals surface area contributed by atoms with E-state index in [0.29, 0.717) is 18.1 Å². The first-order valence-electron chi connectivity index (χ1n) is 10.3. The van der Waals surface area contributed by atoms with Crippen LogP contribution in [0.4, 0.5) is 36.4 Å². The first kappa shape index (κ1) is 25.9. The summed E-state index contributed by atoms with van der Waals surface area (Å²) < 4.78 is 90.8. The van der Waals surface area contributed by atoms with Crippen LogP contribution in [-0.2, 0) is 6.18 Å². The zero-order valence-electron chi connectivity index (χ0n) is 18.3. The summed E-state index contributed by atoms with van der Waals surface area (Å²) in [5.41, 5.74) is 0.679. The minimum atomic E-state index is -4.84. The standard InChI is InChI=1S/C23H20F7N5/c1-3-15-12-31-21(34-20(15)33-17-8-9-19(24)18(10-17)23(28,29)30)35-32-11-14-4-6-16(7-5-14)13(2)22(25,26)27/h4-12,15,20,33H,2-3H2,1H3,(H,34,35)/b32-11+. The van der Waals surface area contributed by atoms with E-state index in [1.807, 2.05) is 6.92 Å². The summed E-state index contributed by atoms with van der Waals surface area (Å²) in [6, 6.07) is 7.95. The molecule has 2 aromatic rings. The third-order valence-corrected chi connectivity index (χ3v) is 5.09. The molecule has 0 radical (unpaired) electrons. The van der Waals surface area contributed by atoms with Crippen LogP contribution in [0.1, 0.15) is 30.0 Å². The Labute approximate surface area is 196 Å². The lowest BCUT2D eigenvalue weighted by atomic mass is 10.0. The maximum atomic E-state index is 13.6. The summed E-state index contributed by atoms with van der Waals surface area (Å²) in [7, 11) is 0. The maximum absolute atomic E-state index is 13.6. The van der Waals surface area contributed by atoms with Crippen molar-refractivity contribution < 1.29 is 30.7 Å². The lowest BCUT2D eigenvalue weighted by Crippen LogP contribution is -2.35. The first-order valence-corrected chi connectivity index (χ1v) is 10.3. The van der Waals surface area contributed by atoms with Gasteiger partial charge in [0, 0.05) is 17.8 Å². The van der Waals surface area contributed by atoms with Gasteiger partial charge in [-0.25, -0.2) is 19.8 Å². The molecule has 0 aliphatic carbocycles. The molecule has 0 saturated heterocycles. The topological polar surface area (TPSA) is 61.1 Å². The predicted octanol–water partition coefficient (Wildman–Crippen LogP) is 6.25. The average molecular weight is 499 g/mol. The second kappa shape index (κ2) is 10.3. The fraction of sp³-hybridized carbons (Fsp3) is 0.261. The lowest BCUT2D eigenvalue weighted by Gasteiger charge is -2.25. The van der Waals surface area contributed by atoms with Crippen molar-refractivity contribution in [3.05, 3.63) is 71.6 Å². The van der Waals surface area contributed by atoms with Gasteiger partial charge in [-0.15, -0.1) is 0 Å². The monoisotopic (exact) mass is 499 g/mol. The minimum absolute atomic E-state index is 0.0320. The highest BCUT2D eigenvalue weighted by molar-refractivity contribution is 5.91. The Morgan fingerprint density at radius 3 is 2.37 bits per heavy atom. The van der Waals surface area contributed by atoms with Crippen LogP contribution in [0.15, 0.2) is 64.1 Å². The van der Waals surface area contributed by atoms with E-state index in [1.54, 1.807) is 6.21 Å². The van der Waals surface area contributed by atoms with E-state index in [4.69, 9.17) is 0 Å². The second-order valence-corrected chi connectivity index (χ2v) is 7.55. The minimum Gasteiger partial charge on any atom is -0.363 e. The number of hydrogen-bond acceptors (Lipinski definition) is 5. The molecule has 12 heteroatoms. The zero-order valence-corrected chi connectivity index (χ0v) is 18.3. The number of hydrogen-bond donors (Lipinski definition) is 2. The molecule has 0 amide bonds. The summed E-state index contributed by atoms with van der Waals surface area (Å²) >= 11 is 0. The summed E-state index contributed by atoms with van der Waals surface area (Å²) in [5, 5.41) is 6.80. The van der Waals surface area contributed by atoms with Crippen molar-refractivity contribution in [2.75, 3.05) is 5.32 Å². The number of nitrogens with one attached hydrogen (secondary N) is 2. The lowest BCUT2D eigenvalue weighted by molar-refractivity contribution is -0.139. The van der Waals surface area contributed by atoms with Gasteiger partial charge in [-0.2, -0.15) is 31.4 Å². The number of alkyl halides is 6. The summed E-state index contributed by atoms with van der Waals surface area (Å²) in [5.74, 6) is -1.57. The van der Waals surface area contributed by atoms with Crippen molar-refractivity contribution in [1.29, 1.82) is 0 Å². The molecule has 3 rings (SSSR count). The maximum Gasteiger partial charge on any atom is 0.419 e. The van der Waals surface area contributed by atoms with Gasteiger partial charge in [-0.3, -0.25) is 0 Å². The van der Waals surface area contributed by atoms with E-state index in [1.165, 1.54) is 36.5 Å². The van der Waals surface area contributed by atoms with Gasteiger partial charge in [0.25, 0.3) is 0 Å². The second-order valence-electron chi connectivity index (χ2n) is 7.55. The number of aliphatic imine (C=N–C) groups is 2. The molecule has 0 aromatic heterocycles. The highest BCUT2D eigenvalue weighted by Crippen LogP contribution is 2.34. The third-order valence-electron chi connectivity index (χ3n) is 5.09. The molecule has 0 bridgehead atoms.